The van der Waals surface area contributed by atoms with Crippen molar-refractivity contribution in [1.82, 2.24) is 57.3 Å². The zero-order valence-corrected chi connectivity index (χ0v) is 77.5. The Hall–Kier alpha value is -6.87. The normalized spacial score (nSPS) is 24.3. The van der Waals surface area contributed by atoms with E-state index in [1.807, 2.05) is 43.3 Å². The fraction of sp³-hybridized carbons (Fsp3) is 0.613. The van der Waals surface area contributed by atoms with Crippen LogP contribution in [0, 0.1) is 30.5 Å². The predicted octanol–water partition coefficient (Wildman–Crippen LogP) is 10.3. The number of nitrogens with zero attached hydrogens (tertiary/aromatic N) is 11. The number of ketones is 1. The molecule has 5 spiro atoms. The van der Waals surface area contributed by atoms with Crippen molar-refractivity contribution >= 4 is 63.9 Å². The number of sulfonamides is 4. The number of hydrogen-bond acceptors (Lipinski definition) is 22. The number of aliphatic imine (C=N–C) groups is 1. The van der Waals surface area contributed by atoms with Crippen LogP contribution in [-0.2, 0) is 70.4 Å². The van der Waals surface area contributed by atoms with Crippen molar-refractivity contribution in [2.24, 2.45) is 22.7 Å². The van der Waals surface area contributed by atoms with Gasteiger partial charge < -0.3 is 53.7 Å². The molecule has 19 rings (SSSR count). The predicted molar refractivity (Wildman–Crippen MR) is 479 cm³/mol. The van der Waals surface area contributed by atoms with Crippen molar-refractivity contribution in [2.75, 3.05) is 145 Å². The van der Waals surface area contributed by atoms with Gasteiger partial charge in [0.1, 0.15) is 40.4 Å². The molecule has 126 heavy (non-hydrogen) atoms. The maximum atomic E-state index is 14.0. The van der Waals surface area contributed by atoms with Crippen molar-refractivity contribution < 1.29 is 71.4 Å². The molecular formula is C93H130FN13O15S4. The number of ether oxygens (including phenoxy) is 4. The highest BCUT2D eigenvalue weighted by molar-refractivity contribution is 7.90. The summed E-state index contributed by atoms with van der Waals surface area (Å²) in [5.41, 5.74) is 0.371. The fourth-order valence-corrected chi connectivity index (χ4v) is 27.2. The first-order valence-electron chi connectivity index (χ1n) is 45.8. The van der Waals surface area contributed by atoms with Crippen LogP contribution < -0.4 is 15.4 Å². The van der Waals surface area contributed by atoms with Gasteiger partial charge in [-0.1, -0.05) is 73.2 Å². The molecule has 3 saturated carbocycles. The Labute approximate surface area is 746 Å². The van der Waals surface area contributed by atoms with E-state index in [9.17, 15) is 52.4 Å². The molecular weight excluding hydrogens is 1690 g/mol. The third-order valence-corrected chi connectivity index (χ3v) is 35.9. The topological polar surface area (TPSA) is 294 Å². The number of Topliss-reactive ketones (excluding diaryl/α,β-unsaturated/α-hetero) is 1. The lowest BCUT2D eigenvalue weighted by atomic mass is 9.95. The number of halogens is 1. The smallest absolute Gasteiger partial charge is 0.245 e. The van der Waals surface area contributed by atoms with E-state index in [0.29, 0.717) is 118 Å². The van der Waals surface area contributed by atoms with Crippen molar-refractivity contribution in [2.45, 2.75) is 223 Å². The standard InChI is InChI=1S/C24H30N4O4S.C18H25N3O.C18H26N2O3S.C17H26N2O4S.C16H23FN2O3S/c1-17(29)19-6-8-21(9-7-19)33(31,32)28-22(15-20-3-2-12-25-20)23(30)26-24(28)10-13-27(14-11-24)16-18-4-5-18;22-17-12-19-18(21(17)14-15-4-2-1-3-5-15)8-10-20(11-9-18)13-16-6-7-16;1-15-2-6-17(7-3-15)24(21,22)20-12-13-23-18(20)8-10-19(11-9-18)14-16-4-5-16;1-14(2)18-10-8-17(9-11-18)19(12-13-23-17)24(20,21)16-6-4-15(22-3)5-7-16;1-2-9-18-10-7-16(8-11-18)19(12-13-22-16)23(20,21)15-5-3-14(17)4-6-15/h3,6-9,12,18,22H,2,4-5,10-11,13-16H2,1H3,(H,26,30);1-5,16,19H,6-14H2;2-3,6-7,16H,4-5,8-14H2,1H3;4-7,14H,8-13H2,1-3H3;3-6H,2,7-13H2,1H3. The van der Waals surface area contributed by atoms with Crippen LogP contribution in [0.5, 0.6) is 5.75 Å². The lowest BCUT2D eigenvalue weighted by molar-refractivity contribution is -0.132. The Morgan fingerprint density at radius 3 is 1.38 bits per heavy atom. The van der Waals surface area contributed by atoms with Crippen LogP contribution in [-0.4, -0.2) is 289 Å². The molecule has 28 nitrogen and oxygen atoms in total. The summed E-state index contributed by atoms with van der Waals surface area (Å²) in [6, 6.07) is 34.7. The van der Waals surface area contributed by atoms with Gasteiger partial charge in [0.25, 0.3) is 0 Å². The third-order valence-electron chi connectivity index (χ3n) is 28.0. The first kappa shape index (κ1) is 93.8. The van der Waals surface area contributed by atoms with Gasteiger partial charge in [-0.15, -0.1) is 0 Å². The molecule has 1 unspecified atom stereocenters. The second-order valence-electron chi connectivity index (χ2n) is 37.0. The van der Waals surface area contributed by atoms with Crippen molar-refractivity contribution in [3.05, 3.63) is 162 Å². The average molecular weight is 1820 g/mol. The lowest BCUT2D eigenvalue weighted by Gasteiger charge is -2.44. The van der Waals surface area contributed by atoms with Crippen LogP contribution in [0.3, 0.4) is 0 Å². The number of benzene rings is 5. The minimum Gasteiger partial charge on any atom is -0.497 e. The van der Waals surface area contributed by atoms with Gasteiger partial charge >= 0.3 is 0 Å². The van der Waals surface area contributed by atoms with Gasteiger partial charge in [0, 0.05) is 186 Å². The first-order valence-corrected chi connectivity index (χ1v) is 51.5. The average Bonchev–Trinajstić information content (AvgIpc) is 1.53. The quantitative estimate of drug-likeness (QED) is 0.0575. The molecule has 10 saturated heterocycles. The number of nitrogens with one attached hydrogen (secondary N) is 2. The summed E-state index contributed by atoms with van der Waals surface area (Å²) in [5.74, 6) is 2.65. The van der Waals surface area contributed by atoms with Crippen LogP contribution in [0.15, 0.2) is 164 Å². The van der Waals surface area contributed by atoms with E-state index in [0.717, 1.165) is 146 Å². The molecule has 3 aliphatic carbocycles. The molecule has 0 radical (unpaired) electrons. The van der Waals surface area contributed by atoms with E-state index in [1.54, 1.807) is 58.3 Å². The third kappa shape index (κ3) is 21.3. The van der Waals surface area contributed by atoms with Crippen LogP contribution >= 0.6 is 0 Å². The molecule has 33 heteroatoms. The Bertz CT molecular complexity index is 5110. The zero-order chi connectivity index (χ0) is 88.9. The number of carbonyl (C=O) groups is 3. The van der Waals surface area contributed by atoms with Gasteiger partial charge in [0.2, 0.25) is 51.9 Å². The van der Waals surface area contributed by atoms with Gasteiger partial charge in [-0.05, 0) is 201 Å². The van der Waals surface area contributed by atoms with Gasteiger partial charge in [-0.3, -0.25) is 24.7 Å². The first-order chi connectivity index (χ1) is 60.4. The summed E-state index contributed by atoms with van der Waals surface area (Å²) in [6.45, 7) is 27.2. The number of allylic oxidation sites excluding steroid dienone is 1. The van der Waals surface area contributed by atoms with E-state index in [-0.39, 0.29) is 39.5 Å². The molecule has 2 N–H and O–H groups in total. The number of aryl methyl sites for hydroxylation is 1. The number of rotatable bonds is 23. The van der Waals surface area contributed by atoms with Crippen molar-refractivity contribution in [3.63, 3.8) is 0 Å². The van der Waals surface area contributed by atoms with E-state index < -0.39 is 74.8 Å². The molecule has 0 bridgehead atoms. The monoisotopic (exact) mass is 1820 g/mol. The Morgan fingerprint density at radius 1 is 0.532 bits per heavy atom. The van der Waals surface area contributed by atoms with E-state index in [1.165, 1.54) is 121 Å². The van der Waals surface area contributed by atoms with Crippen molar-refractivity contribution in [1.29, 1.82) is 0 Å². The molecule has 11 heterocycles. The number of piperidine rings is 5. The van der Waals surface area contributed by atoms with Gasteiger partial charge in [-0.25, -0.2) is 38.1 Å². The summed E-state index contributed by atoms with van der Waals surface area (Å²) in [5, 5.41) is 6.62. The van der Waals surface area contributed by atoms with Gasteiger partial charge in [0.05, 0.1) is 58.7 Å². The molecule has 5 aromatic carbocycles. The van der Waals surface area contributed by atoms with E-state index in [2.05, 4.69) is 77.9 Å². The summed E-state index contributed by atoms with van der Waals surface area (Å²) in [4.78, 5) is 56.7. The minimum absolute atomic E-state index is 0.0951. The second-order valence-corrected chi connectivity index (χ2v) is 44.4. The fourth-order valence-electron chi connectivity index (χ4n) is 20.1. The highest BCUT2D eigenvalue weighted by Gasteiger charge is 2.59. The maximum Gasteiger partial charge on any atom is 0.245 e. The van der Waals surface area contributed by atoms with Crippen LogP contribution in [0.25, 0.3) is 0 Å². The highest BCUT2D eigenvalue weighted by Crippen LogP contribution is 2.46. The highest BCUT2D eigenvalue weighted by atomic mass is 32.2. The summed E-state index contributed by atoms with van der Waals surface area (Å²) in [6.07, 6.45) is 21.3. The molecule has 14 aliphatic rings. The van der Waals surface area contributed by atoms with Gasteiger partial charge in [-0.2, -0.15) is 17.2 Å². The second kappa shape index (κ2) is 39.7. The van der Waals surface area contributed by atoms with Crippen LogP contribution in [0.1, 0.15) is 171 Å². The van der Waals surface area contributed by atoms with Crippen LogP contribution in [0.2, 0.25) is 0 Å². The van der Waals surface area contributed by atoms with Crippen molar-refractivity contribution in [3.8, 4) is 5.75 Å². The minimum atomic E-state index is -4.00. The summed E-state index contributed by atoms with van der Waals surface area (Å²) < 4.78 is 148. The van der Waals surface area contributed by atoms with E-state index >= 15 is 0 Å². The Balaban J connectivity index is 0.000000123. The molecule has 13 fully saturated rings. The van der Waals surface area contributed by atoms with Gasteiger partial charge in [0.15, 0.2) is 5.78 Å². The molecule has 1 atom stereocenters. The zero-order valence-electron chi connectivity index (χ0n) is 74.2. The molecule has 2 amide bonds. The molecule has 0 aromatic heterocycles. The summed E-state index contributed by atoms with van der Waals surface area (Å²) >= 11 is 0. The number of hydrogen-bond donors (Lipinski definition) is 2. The number of likely N-dealkylation sites (tertiary alicyclic amines) is 5. The number of carbonyl (C=O) groups excluding carboxylic acids is 3. The summed E-state index contributed by atoms with van der Waals surface area (Å²) in [7, 11) is -13.2. The Kier molecular flexibility index (Phi) is 29.5. The molecule has 11 aliphatic heterocycles. The SMILES string of the molecule is CC(=O)c1ccc(S(=O)(=O)N2C(CC3=CCC=N3)C(=O)NC23CCN(CC2CC2)CC3)cc1.CCCN1CCC2(CC1)OCCN2S(=O)(=O)c1ccc(F)cc1.COc1ccc(S(=O)(=O)N2CCOC23CCN(C(C)C)CC3)cc1.Cc1ccc(S(=O)(=O)N2CCOC23CCN(CC2CC2)CC3)cc1.O=C1CNC2(CCN(CC3CC3)CC2)N1Cc1ccccc1. The Morgan fingerprint density at radius 2 is 0.952 bits per heavy atom. The molecule has 5 aromatic rings. The number of methoxy groups -OCH3 is 1. The largest absolute Gasteiger partial charge is 0.497 e. The number of amides is 2. The lowest BCUT2D eigenvalue weighted by Crippen LogP contribution is -2.60. The molecule has 688 valence electrons. The van der Waals surface area contributed by atoms with Crippen LogP contribution in [0.4, 0.5) is 4.39 Å². The van der Waals surface area contributed by atoms with E-state index in [4.69, 9.17) is 18.9 Å². The maximum absolute atomic E-state index is 14.0.